The second kappa shape index (κ2) is 51.1. The number of fused-ring (bicyclic) bond motifs is 14. The lowest BCUT2D eigenvalue weighted by atomic mass is 9.73. The van der Waals surface area contributed by atoms with Gasteiger partial charge in [0.1, 0.15) is 47.4 Å². The van der Waals surface area contributed by atoms with Crippen LogP contribution in [0.5, 0.6) is 23.0 Å². The SMILES string of the molecule is CCCCC[C@H](O)CC[C@@H]1[C@H]2Cc3cccc(OCC(=O)O[C@@H]4C[C@@H]5CC[C@H]4C5)c3C[C@H]2C[C@H]1O.CCCCC[C@H](O)CC[C@@H]1[C@H]2Cc3cccc(OCC(=O)O[C@H](C)C(C)(C)C)c3C[C@H]2C[C@H]1O.CCCCC[C@H](O)CC[C@@H]1[C@H]2Cc3cccc(OCC(=O)O[C@H]4C[C@@H]5CC[C@H]4C5)c3C[C@H]2C[C@H]1O.CCCCC[C@H](O)CC[C@@H]1[C@H]2Cc3cccc(OCC(=O)O[C@H]4C[C@H]5CC[C@@H]4C5)c3C[C@H]2C[C@H]1O. The van der Waals surface area contributed by atoms with Crippen LogP contribution in [0.2, 0.25) is 0 Å². The molecule has 8 N–H and O–H groups in total. The standard InChI is InChI=1S/3C30H44O5.C29H46O5/c3*1-2-3-4-7-23(31)11-12-24-25-15-20-6-5-8-28(26(20)16-22(25)17-27(24)32)34-18-30(33)35-29-14-19-9-10-21(29)13-19;1-6-7-8-11-22(30)13-14-23-24-15-20-10-9-12-27(25(20)16-21(24)17-26(23)31)33-18-28(32)34-19(2)29(3,4)5/h3*5-6,8,19,21-25,27,29,31-32H,2-4,7,9-18H2,1H3;9-10,12,19,21-24,26,30-31H,6-8,11,13-18H2,1-5H3/t19-,21+,22+,23+,24-,25+,27-,29+;19-,21+,22+,23+,24-,25+,27-,29-;19-,21+,22-,23-,24+,25-,27+,29-;19-,21+,22+,23-,24+,26-/m1101/s1. The number of benzene rings is 4. The average molecular weight is 1930 g/mol. The second-order valence-corrected chi connectivity index (χ2v) is 47.4. The summed E-state index contributed by atoms with van der Waals surface area (Å²) >= 11 is 0. The van der Waals surface area contributed by atoms with Crippen LogP contribution >= 0.6 is 0 Å². The molecule has 139 heavy (non-hydrogen) atoms. The van der Waals surface area contributed by atoms with Gasteiger partial charge in [0.15, 0.2) is 26.4 Å². The number of hydrogen-bond acceptors (Lipinski definition) is 20. The zero-order valence-electron chi connectivity index (χ0n) is 86.0. The van der Waals surface area contributed by atoms with E-state index in [0.29, 0.717) is 65.1 Å². The predicted molar refractivity (Wildman–Crippen MR) is 540 cm³/mol. The predicted octanol–water partition coefficient (Wildman–Crippen LogP) is 21.2. The maximum absolute atomic E-state index is 12.5. The molecule has 10 saturated carbocycles. The Hall–Kier alpha value is -6.36. The summed E-state index contributed by atoms with van der Waals surface area (Å²) in [5.41, 5.74) is 9.79. The van der Waals surface area contributed by atoms with Crippen molar-refractivity contribution in [3.63, 3.8) is 0 Å². The van der Waals surface area contributed by atoms with Gasteiger partial charge in [0.05, 0.1) is 48.8 Å². The molecule has 774 valence electrons. The van der Waals surface area contributed by atoms with Gasteiger partial charge < -0.3 is 78.7 Å². The number of unbranched alkanes of at least 4 members (excludes halogenated alkanes) is 8. The van der Waals surface area contributed by atoms with E-state index < -0.39 is 0 Å². The highest BCUT2D eigenvalue weighted by Gasteiger charge is 2.52. The molecular weight excluding hydrogens is 1750 g/mol. The third-order valence-electron chi connectivity index (χ3n) is 37.1. The van der Waals surface area contributed by atoms with Gasteiger partial charge in [0.25, 0.3) is 0 Å². The Morgan fingerprint density at radius 1 is 0.317 bits per heavy atom. The zero-order chi connectivity index (χ0) is 98.0. The molecular formula is C119H178O20. The van der Waals surface area contributed by atoms with Crippen LogP contribution in [0.3, 0.4) is 0 Å². The average Bonchev–Trinajstić information content (AvgIpc) is 1.57. The van der Waals surface area contributed by atoms with Crippen molar-refractivity contribution in [2.45, 2.75) is 437 Å². The normalized spacial score (nSPS) is 31.9. The van der Waals surface area contributed by atoms with Gasteiger partial charge in [-0.05, 0) is 419 Å². The molecule has 4 aromatic rings. The Morgan fingerprint density at radius 3 is 0.791 bits per heavy atom. The maximum Gasteiger partial charge on any atom is 0.344 e. The van der Waals surface area contributed by atoms with Gasteiger partial charge in [-0.2, -0.15) is 0 Å². The molecule has 4 aromatic carbocycles. The Morgan fingerprint density at radius 2 is 0.568 bits per heavy atom. The van der Waals surface area contributed by atoms with Crippen LogP contribution in [0.1, 0.15) is 357 Å². The monoisotopic (exact) mass is 1930 g/mol. The number of aliphatic hydroxyl groups excluding tert-OH is 8. The van der Waals surface area contributed by atoms with E-state index in [0.717, 1.165) is 240 Å². The molecule has 0 aromatic heterocycles. The van der Waals surface area contributed by atoms with Crippen LogP contribution in [0, 0.1) is 112 Å². The summed E-state index contributed by atoms with van der Waals surface area (Å²) in [4.78, 5) is 49.8. The van der Waals surface area contributed by atoms with Crippen molar-refractivity contribution in [2.75, 3.05) is 26.4 Å². The third-order valence-corrected chi connectivity index (χ3v) is 37.1. The van der Waals surface area contributed by atoms with Crippen molar-refractivity contribution >= 4 is 23.9 Å². The van der Waals surface area contributed by atoms with E-state index in [4.69, 9.17) is 37.9 Å². The van der Waals surface area contributed by atoms with E-state index in [-0.39, 0.29) is 153 Å². The van der Waals surface area contributed by atoms with Crippen LogP contribution in [0.15, 0.2) is 72.8 Å². The molecule has 10 fully saturated rings. The van der Waals surface area contributed by atoms with E-state index in [2.05, 4.69) is 52.0 Å². The summed E-state index contributed by atoms with van der Waals surface area (Å²) in [5, 5.41) is 85.1. The van der Waals surface area contributed by atoms with Crippen molar-refractivity contribution in [1.29, 1.82) is 0 Å². The van der Waals surface area contributed by atoms with Gasteiger partial charge in [0.2, 0.25) is 0 Å². The quantitative estimate of drug-likeness (QED) is 0.0116. The molecule has 0 aliphatic heterocycles. The van der Waals surface area contributed by atoms with Crippen molar-refractivity contribution in [1.82, 2.24) is 0 Å². The molecule has 20 nitrogen and oxygen atoms in total. The molecule has 0 heterocycles. The fourth-order valence-corrected chi connectivity index (χ4v) is 28.9. The van der Waals surface area contributed by atoms with E-state index in [1.807, 2.05) is 76.2 Å². The van der Waals surface area contributed by atoms with Gasteiger partial charge in [-0.15, -0.1) is 0 Å². The van der Waals surface area contributed by atoms with Crippen LogP contribution in [-0.4, -0.2) is 164 Å². The lowest BCUT2D eigenvalue weighted by Crippen LogP contribution is -2.31. The van der Waals surface area contributed by atoms with Gasteiger partial charge >= 0.3 is 23.9 Å². The van der Waals surface area contributed by atoms with E-state index >= 15 is 0 Å². The molecule has 0 unspecified atom stereocenters. The third kappa shape index (κ3) is 28.5. The Kier molecular flexibility index (Phi) is 39.3. The van der Waals surface area contributed by atoms with Crippen molar-refractivity contribution in [3.8, 4) is 23.0 Å². The van der Waals surface area contributed by atoms with Gasteiger partial charge in [-0.1, -0.05) is 174 Å². The molecule has 18 rings (SSSR count). The zero-order valence-corrected chi connectivity index (χ0v) is 86.0. The molecule has 14 aliphatic rings. The smallest absolute Gasteiger partial charge is 0.344 e. The van der Waals surface area contributed by atoms with Crippen molar-refractivity contribution in [2.24, 2.45) is 112 Å². The Balaban J connectivity index is 0.000000140. The fraction of sp³-hybridized carbons (Fsp3) is 0.765. The molecule has 0 radical (unpaired) electrons. The summed E-state index contributed by atoms with van der Waals surface area (Å²) in [6.45, 7) is 16.6. The maximum atomic E-state index is 12.5. The highest BCUT2D eigenvalue weighted by atomic mass is 16.6. The van der Waals surface area contributed by atoms with E-state index in [1.54, 1.807) is 0 Å². The second-order valence-electron chi connectivity index (χ2n) is 47.4. The van der Waals surface area contributed by atoms with Gasteiger partial charge in [-0.25, -0.2) is 19.2 Å². The summed E-state index contributed by atoms with van der Waals surface area (Å²) in [5.74, 6) is 10.6. The Labute approximate surface area is 832 Å². The highest BCUT2D eigenvalue weighted by molar-refractivity contribution is 5.73. The van der Waals surface area contributed by atoms with Crippen molar-refractivity contribution < 1.29 is 97.9 Å². The summed E-state index contributed by atoms with van der Waals surface area (Å²) in [6.07, 6.45) is 46.7. The molecule has 0 amide bonds. The lowest BCUT2D eigenvalue weighted by Gasteiger charge is -2.32. The molecule has 30 atom stereocenters. The fourth-order valence-electron chi connectivity index (χ4n) is 28.9. The number of carbonyl (C=O) groups excluding carboxylic acids is 4. The van der Waals surface area contributed by atoms with Crippen LogP contribution < -0.4 is 18.9 Å². The molecule has 0 spiro atoms. The number of rotatable bonds is 44. The van der Waals surface area contributed by atoms with Gasteiger partial charge in [0, 0.05) is 0 Å². The number of aliphatic hydroxyl groups is 8. The number of carbonyl (C=O) groups is 4. The number of hydrogen-bond donors (Lipinski definition) is 8. The van der Waals surface area contributed by atoms with Crippen LogP contribution in [-0.2, 0) is 89.5 Å². The highest BCUT2D eigenvalue weighted by Crippen LogP contribution is 2.56. The first-order valence-electron chi connectivity index (χ1n) is 56.3. The minimum absolute atomic E-state index is 0.0282. The molecule has 20 heteroatoms. The first-order chi connectivity index (χ1) is 67.1. The summed E-state index contributed by atoms with van der Waals surface area (Å²) < 4.78 is 46.8. The molecule has 6 bridgehead atoms. The summed E-state index contributed by atoms with van der Waals surface area (Å²) in [6, 6.07) is 24.6. The number of ether oxygens (including phenoxy) is 8. The lowest BCUT2D eigenvalue weighted by molar-refractivity contribution is -0.156. The largest absolute Gasteiger partial charge is 0.482 e. The summed E-state index contributed by atoms with van der Waals surface area (Å²) in [7, 11) is 0. The minimum Gasteiger partial charge on any atom is -0.482 e. The molecule has 0 saturated heterocycles. The number of esters is 4. The minimum atomic E-state index is -0.345. The first-order valence-corrected chi connectivity index (χ1v) is 56.3. The first kappa shape index (κ1) is 107. The molecule has 14 aliphatic carbocycles. The van der Waals surface area contributed by atoms with Crippen LogP contribution in [0.25, 0.3) is 0 Å². The van der Waals surface area contributed by atoms with E-state index in [1.165, 1.54) is 154 Å². The van der Waals surface area contributed by atoms with Gasteiger partial charge in [-0.3, -0.25) is 0 Å². The van der Waals surface area contributed by atoms with Crippen LogP contribution in [0.4, 0.5) is 0 Å². The van der Waals surface area contributed by atoms with E-state index in [9.17, 15) is 60.0 Å². The topological polar surface area (TPSA) is 304 Å². The van der Waals surface area contributed by atoms with Crippen molar-refractivity contribution in [3.05, 3.63) is 117 Å². The Bertz CT molecular complexity index is 4180.